The molecule has 2 fully saturated rings. The Bertz CT molecular complexity index is 716. The summed E-state index contributed by atoms with van der Waals surface area (Å²) < 4.78 is 27.2. The fraction of sp³-hybridized carbons (Fsp3) is 0.500. The lowest BCUT2D eigenvalue weighted by Gasteiger charge is -2.37. The van der Waals surface area contributed by atoms with Crippen molar-refractivity contribution in [3.63, 3.8) is 0 Å². The first kappa shape index (κ1) is 18.1. The molecule has 1 aromatic carbocycles. The summed E-state index contributed by atoms with van der Waals surface area (Å²) in [6.45, 7) is 6.07. The Labute approximate surface area is 149 Å². The molecule has 1 saturated heterocycles. The van der Waals surface area contributed by atoms with E-state index in [4.69, 9.17) is 0 Å². The molecule has 7 heteroatoms. The van der Waals surface area contributed by atoms with Gasteiger partial charge in [-0.15, -0.1) is 0 Å². The molecule has 1 heterocycles. The lowest BCUT2D eigenvalue weighted by molar-refractivity contribution is -0.111. The van der Waals surface area contributed by atoms with Crippen LogP contribution in [0.4, 0.5) is 5.69 Å². The van der Waals surface area contributed by atoms with Gasteiger partial charge in [0.2, 0.25) is 15.9 Å². The highest BCUT2D eigenvalue weighted by Gasteiger charge is 2.31. The Hall–Kier alpha value is -1.70. The molecule has 0 spiro atoms. The van der Waals surface area contributed by atoms with Crippen LogP contribution in [-0.4, -0.2) is 55.8 Å². The van der Waals surface area contributed by atoms with Crippen LogP contribution in [0.5, 0.6) is 0 Å². The minimum atomic E-state index is -3.49. The lowest BCUT2D eigenvalue weighted by Crippen LogP contribution is -2.51. The maximum Gasteiger partial charge on any atom is 0.247 e. The zero-order chi connectivity index (χ0) is 17.9. The average Bonchev–Trinajstić information content (AvgIpc) is 3.17. The van der Waals surface area contributed by atoms with Gasteiger partial charge < -0.3 is 5.32 Å². The van der Waals surface area contributed by atoms with E-state index in [-0.39, 0.29) is 10.8 Å². The molecule has 0 atom stereocenters. The van der Waals surface area contributed by atoms with Gasteiger partial charge in [-0.05, 0) is 43.2 Å². The average molecular weight is 363 g/mol. The number of nitrogens with one attached hydrogen (secondary N) is 1. The maximum absolute atomic E-state index is 12.8. The highest BCUT2D eigenvalue weighted by molar-refractivity contribution is 7.89. The number of hydrogen-bond acceptors (Lipinski definition) is 4. The zero-order valence-corrected chi connectivity index (χ0v) is 15.2. The Morgan fingerprint density at radius 2 is 1.68 bits per heavy atom. The van der Waals surface area contributed by atoms with Crippen molar-refractivity contribution in [1.29, 1.82) is 0 Å². The number of sulfonamides is 1. The molecule has 0 unspecified atom stereocenters. The molecule has 136 valence electrons. The predicted molar refractivity (Wildman–Crippen MR) is 97.9 cm³/mol. The number of amides is 1. The first-order valence-electron chi connectivity index (χ1n) is 8.78. The van der Waals surface area contributed by atoms with Crippen LogP contribution in [0.25, 0.3) is 0 Å². The smallest absolute Gasteiger partial charge is 0.247 e. The van der Waals surface area contributed by atoms with E-state index < -0.39 is 10.0 Å². The van der Waals surface area contributed by atoms with Crippen molar-refractivity contribution < 1.29 is 13.2 Å². The van der Waals surface area contributed by atoms with Crippen molar-refractivity contribution in [2.24, 2.45) is 0 Å². The summed E-state index contributed by atoms with van der Waals surface area (Å²) >= 11 is 0. The quantitative estimate of drug-likeness (QED) is 0.813. The number of nitrogens with zero attached hydrogens (tertiary/aromatic N) is 2. The molecule has 25 heavy (non-hydrogen) atoms. The van der Waals surface area contributed by atoms with E-state index in [9.17, 15) is 13.2 Å². The van der Waals surface area contributed by atoms with E-state index in [0.717, 1.165) is 13.1 Å². The van der Waals surface area contributed by atoms with Crippen LogP contribution in [-0.2, 0) is 14.8 Å². The monoisotopic (exact) mass is 363 g/mol. The van der Waals surface area contributed by atoms with Crippen LogP contribution in [0.1, 0.15) is 25.7 Å². The van der Waals surface area contributed by atoms with Gasteiger partial charge in [0, 0.05) is 37.9 Å². The third kappa shape index (κ3) is 4.11. The van der Waals surface area contributed by atoms with E-state index in [1.54, 1.807) is 16.4 Å². The van der Waals surface area contributed by atoms with E-state index >= 15 is 0 Å². The molecular weight excluding hydrogens is 338 g/mol. The summed E-state index contributed by atoms with van der Waals surface area (Å²) in [4.78, 5) is 14.0. The van der Waals surface area contributed by atoms with Crippen LogP contribution in [0.15, 0.2) is 41.8 Å². The van der Waals surface area contributed by atoms with Crippen molar-refractivity contribution >= 4 is 21.6 Å². The van der Waals surface area contributed by atoms with E-state index in [1.165, 1.54) is 43.9 Å². The Morgan fingerprint density at radius 1 is 1.08 bits per heavy atom. The number of hydrogen-bond donors (Lipinski definition) is 1. The molecule has 1 aliphatic carbocycles. The second-order valence-corrected chi connectivity index (χ2v) is 8.53. The first-order valence-corrected chi connectivity index (χ1v) is 10.2. The molecule has 0 aromatic heterocycles. The van der Waals surface area contributed by atoms with E-state index in [2.05, 4.69) is 16.8 Å². The number of carbonyl (C=O) groups excluding carboxylic acids is 1. The summed E-state index contributed by atoms with van der Waals surface area (Å²) in [7, 11) is -3.49. The second-order valence-electron chi connectivity index (χ2n) is 6.60. The standard InChI is InChI=1S/C18H25N3O3S/c1-2-18(22)19-15-7-9-17(10-8-15)25(23,24)21-13-11-20(12-14-21)16-5-3-4-6-16/h2,7-10,16H,1,3-6,11-14H2,(H,19,22). The Balaban J connectivity index is 1.63. The number of benzene rings is 1. The summed E-state index contributed by atoms with van der Waals surface area (Å²) in [5.74, 6) is -0.321. The molecule has 1 aliphatic heterocycles. The molecule has 1 amide bonds. The fourth-order valence-corrected chi connectivity index (χ4v) is 5.05. The van der Waals surface area contributed by atoms with Crippen molar-refractivity contribution in [3.05, 3.63) is 36.9 Å². The van der Waals surface area contributed by atoms with Gasteiger partial charge in [0.05, 0.1) is 4.90 Å². The maximum atomic E-state index is 12.8. The molecule has 6 nitrogen and oxygen atoms in total. The van der Waals surface area contributed by atoms with Crippen molar-refractivity contribution in [3.8, 4) is 0 Å². The molecule has 0 bridgehead atoms. The number of anilines is 1. The first-order chi connectivity index (χ1) is 12.0. The van der Waals surface area contributed by atoms with Gasteiger partial charge in [-0.1, -0.05) is 19.4 Å². The number of rotatable bonds is 5. The van der Waals surface area contributed by atoms with Crippen molar-refractivity contribution in [2.45, 2.75) is 36.6 Å². The minimum absolute atomic E-state index is 0.262. The largest absolute Gasteiger partial charge is 0.323 e. The molecule has 1 aromatic rings. The fourth-order valence-electron chi connectivity index (χ4n) is 3.63. The Morgan fingerprint density at radius 3 is 2.24 bits per heavy atom. The zero-order valence-electron chi connectivity index (χ0n) is 14.4. The molecule has 1 saturated carbocycles. The molecule has 2 aliphatic rings. The summed E-state index contributed by atoms with van der Waals surface area (Å²) in [5.41, 5.74) is 0.551. The third-order valence-corrected chi connectivity index (χ3v) is 6.97. The van der Waals surface area contributed by atoms with Crippen LogP contribution in [0.2, 0.25) is 0 Å². The topological polar surface area (TPSA) is 69.7 Å². The summed E-state index contributed by atoms with van der Waals surface area (Å²) in [6, 6.07) is 6.92. The van der Waals surface area contributed by atoms with E-state index in [1.807, 2.05) is 0 Å². The van der Waals surface area contributed by atoms with Gasteiger partial charge in [-0.2, -0.15) is 4.31 Å². The highest BCUT2D eigenvalue weighted by atomic mass is 32.2. The molecule has 3 rings (SSSR count). The van der Waals surface area contributed by atoms with E-state index in [0.29, 0.717) is 24.8 Å². The normalized spacial score (nSPS) is 20.5. The van der Waals surface area contributed by atoms with Crippen LogP contribution >= 0.6 is 0 Å². The minimum Gasteiger partial charge on any atom is -0.323 e. The SMILES string of the molecule is C=CC(=O)Nc1ccc(S(=O)(=O)N2CCN(C3CCCC3)CC2)cc1. The van der Waals surface area contributed by atoms with Gasteiger partial charge in [-0.3, -0.25) is 9.69 Å². The molecule has 0 radical (unpaired) electrons. The van der Waals surface area contributed by atoms with Gasteiger partial charge in [-0.25, -0.2) is 8.42 Å². The van der Waals surface area contributed by atoms with Gasteiger partial charge in [0.25, 0.3) is 0 Å². The van der Waals surface area contributed by atoms with Crippen LogP contribution in [0.3, 0.4) is 0 Å². The predicted octanol–water partition coefficient (Wildman–Crippen LogP) is 2.06. The van der Waals surface area contributed by atoms with Gasteiger partial charge in [0.1, 0.15) is 0 Å². The highest BCUT2D eigenvalue weighted by Crippen LogP contribution is 2.26. The summed E-state index contributed by atoms with van der Waals surface area (Å²) in [6.07, 6.45) is 6.24. The lowest BCUT2D eigenvalue weighted by atomic mass is 10.2. The third-order valence-electron chi connectivity index (χ3n) is 5.06. The van der Waals surface area contributed by atoms with Crippen LogP contribution in [0, 0.1) is 0 Å². The van der Waals surface area contributed by atoms with Crippen LogP contribution < -0.4 is 5.32 Å². The molecule has 1 N–H and O–H groups in total. The number of carbonyl (C=O) groups is 1. The molecular formula is C18H25N3O3S. The van der Waals surface area contributed by atoms with Crippen molar-refractivity contribution in [2.75, 3.05) is 31.5 Å². The summed E-state index contributed by atoms with van der Waals surface area (Å²) in [5, 5.41) is 2.61. The number of piperazine rings is 1. The van der Waals surface area contributed by atoms with Gasteiger partial charge >= 0.3 is 0 Å². The van der Waals surface area contributed by atoms with Crippen molar-refractivity contribution in [1.82, 2.24) is 9.21 Å². The Kier molecular flexibility index (Phi) is 5.56. The van der Waals surface area contributed by atoms with Gasteiger partial charge in [0.15, 0.2) is 0 Å². The second kappa shape index (κ2) is 7.68.